The first kappa shape index (κ1) is 13.8. The van der Waals surface area contributed by atoms with Gasteiger partial charge in [-0.2, -0.15) is 10.1 Å². The van der Waals surface area contributed by atoms with Crippen molar-refractivity contribution in [3.05, 3.63) is 36.0 Å². The summed E-state index contributed by atoms with van der Waals surface area (Å²) in [6, 6.07) is 8.39. The molecule has 0 atom stereocenters. The predicted octanol–water partition coefficient (Wildman–Crippen LogP) is 2.94. The van der Waals surface area contributed by atoms with E-state index in [1.807, 2.05) is 0 Å². The molecule has 1 aliphatic heterocycles. The Morgan fingerprint density at radius 1 is 1.24 bits per heavy atom. The van der Waals surface area contributed by atoms with Gasteiger partial charge in [-0.1, -0.05) is 12.1 Å². The van der Waals surface area contributed by atoms with Crippen LogP contribution in [0, 0.1) is 6.92 Å². The second-order valence-electron chi connectivity index (χ2n) is 5.39. The molecular formula is C16H21N5. The van der Waals surface area contributed by atoms with Crippen molar-refractivity contribution < 1.29 is 0 Å². The van der Waals surface area contributed by atoms with E-state index in [1.54, 1.807) is 6.20 Å². The van der Waals surface area contributed by atoms with Gasteiger partial charge >= 0.3 is 0 Å². The van der Waals surface area contributed by atoms with Gasteiger partial charge in [0, 0.05) is 25.3 Å². The molecule has 0 aliphatic carbocycles. The molecule has 0 bridgehead atoms. The lowest BCUT2D eigenvalue weighted by molar-refractivity contribution is 0.848. The fourth-order valence-electron chi connectivity index (χ4n) is 2.73. The van der Waals surface area contributed by atoms with Crippen molar-refractivity contribution >= 4 is 17.5 Å². The third kappa shape index (κ3) is 2.96. The van der Waals surface area contributed by atoms with Gasteiger partial charge in [0.15, 0.2) is 5.82 Å². The van der Waals surface area contributed by atoms with Crippen LogP contribution in [0.25, 0.3) is 0 Å². The van der Waals surface area contributed by atoms with Gasteiger partial charge in [-0.15, -0.1) is 5.10 Å². The van der Waals surface area contributed by atoms with E-state index in [-0.39, 0.29) is 0 Å². The Bertz CT molecular complexity index is 607. The van der Waals surface area contributed by atoms with Crippen LogP contribution in [-0.4, -0.2) is 34.8 Å². The monoisotopic (exact) mass is 283 g/mol. The van der Waals surface area contributed by atoms with Gasteiger partial charge in [-0.25, -0.2) is 0 Å². The second-order valence-corrected chi connectivity index (χ2v) is 5.39. The van der Waals surface area contributed by atoms with Crippen molar-refractivity contribution in [1.29, 1.82) is 0 Å². The fourth-order valence-corrected chi connectivity index (χ4v) is 2.73. The normalized spacial score (nSPS) is 14.5. The van der Waals surface area contributed by atoms with E-state index in [1.165, 1.54) is 18.4 Å². The van der Waals surface area contributed by atoms with Crippen LogP contribution in [0.1, 0.15) is 25.3 Å². The minimum Gasteiger partial charge on any atom is -0.355 e. The fraction of sp³-hybridized carbons (Fsp3) is 0.438. The Hall–Kier alpha value is -2.17. The average Bonchev–Trinajstić information content (AvgIpc) is 3.03. The van der Waals surface area contributed by atoms with Crippen molar-refractivity contribution in [3.63, 3.8) is 0 Å². The molecule has 0 radical (unpaired) electrons. The number of nitrogens with zero attached hydrogens (tertiary/aromatic N) is 5. The Kier molecular flexibility index (Phi) is 3.99. The van der Waals surface area contributed by atoms with Gasteiger partial charge in [0.25, 0.3) is 5.95 Å². The van der Waals surface area contributed by atoms with Crippen LogP contribution in [0.15, 0.2) is 30.5 Å². The molecule has 0 spiro atoms. The largest absolute Gasteiger partial charge is 0.355 e. The summed E-state index contributed by atoms with van der Waals surface area (Å²) in [5.41, 5.74) is 2.34. The highest BCUT2D eigenvalue weighted by atomic mass is 15.4. The minimum atomic E-state index is 0.674. The van der Waals surface area contributed by atoms with E-state index in [0.29, 0.717) is 5.95 Å². The van der Waals surface area contributed by atoms with E-state index in [2.05, 4.69) is 58.1 Å². The van der Waals surface area contributed by atoms with Crippen LogP contribution in [0.4, 0.5) is 17.5 Å². The van der Waals surface area contributed by atoms with E-state index < -0.39 is 0 Å². The van der Waals surface area contributed by atoms with Gasteiger partial charge < -0.3 is 9.80 Å². The summed E-state index contributed by atoms with van der Waals surface area (Å²) in [6.07, 6.45) is 4.22. The molecule has 0 saturated carbocycles. The van der Waals surface area contributed by atoms with Crippen molar-refractivity contribution in [2.45, 2.75) is 26.7 Å². The number of anilines is 3. The van der Waals surface area contributed by atoms with Crippen molar-refractivity contribution in [2.75, 3.05) is 29.4 Å². The molecule has 1 aromatic carbocycles. The lowest BCUT2D eigenvalue weighted by Gasteiger charge is -2.22. The summed E-state index contributed by atoms with van der Waals surface area (Å²) in [7, 11) is 0. The molecule has 1 saturated heterocycles. The van der Waals surface area contributed by atoms with Crippen molar-refractivity contribution in [3.8, 4) is 0 Å². The Balaban J connectivity index is 1.91. The van der Waals surface area contributed by atoms with E-state index in [9.17, 15) is 0 Å². The number of hydrogen-bond donors (Lipinski definition) is 0. The molecule has 0 N–H and O–H groups in total. The Labute approximate surface area is 125 Å². The molecule has 5 heteroatoms. The summed E-state index contributed by atoms with van der Waals surface area (Å²) in [6.45, 7) is 7.14. The molecule has 2 heterocycles. The summed E-state index contributed by atoms with van der Waals surface area (Å²) >= 11 is 0. The van der Waals surface area contributed by atoms with Crippen LogP contribution >= 0.6 is 0 Å². The van der Waals surface area contributed by atoms with Gasteiger partial charge in [-0.3, -0.25) is 0 Å². The third-order valence-corrected chi connectivity index (χ3v) is 3.84. The number of aryl methyl sites for hydroxylation is 1. The van der Waals surface area contributed by atoms with Crippen molar-refractivity contribution in [1.82, 2.24) is 15.2 Å². The molecule has 1 aromatic heterocycles. The lowest BCUT2D eigenvalue weighted by atomic mass is 10.2. The van der Waals surface area contributed by atoms with Crippen LogP contribution < -0.4 is 9.80 Å². The first-order chi connectivity index (χ1) is 10.3. The van der Waals surface area contributed by atoms with E-state index in [0.717, 1.165) is 31.1 Å². The van der Waals surface area contributed by atoms with E-state index >= 15 is 0 Å². The van der Waals surface area contributed by atoms with Crippen molar-refractivity contribution in [2.24, 2.45) is 0 Å². The zero-order chi connectivity index (χ0) is 14.7. The summed E-state index contributed by atoms with van der Waals surface area (Å²) in [5, 5.41) is 8.38. The Morgan fingerprint density at radius 3 is 2.76 bits per heavy atom. The molecule has 1 fully saturated rings. The van der Waals surface area contributed by atoms with Gasteiger partial charge in [0.1, 0.15) is 0 Å². The quantitative estimate of drug-likeness (QED) is 0.863. The summed E-state index contributed by atoms with van der Waals surface area (Å²) in [4.78, 5) is 9.09. The van der Waals surface area contributed by atoms with Gasteiger partial charge in [0.05, 0.1) is 6.20 Å². The molecule has 110 valence electrons. The molecular weight excluding hydrogens is 262 g/mol. The van der Waals surface area contributed by atoms with Crippen LogP contribution in [0.2, 0.25) is 0 Å². The van der Waals surface area contributed by atoms with Crippen LogP contribution in [0.3, 0.4) is 0 Å². The number of benzene rings is 1. The first-order valence-corrected chi connectivity index (χ1v) is 7.57. The van der Waals surface area contributed by atoms with Gasteiger partial charge in [0.2, 0.25) is 0 Å². The second kappa shape index (κ2) is 6.08. The molecule has 21 heavy (non-hydrogen) atoms. The smallest absolute Gasteiger partial charge is 0.251 e. The summed E-state index contributed by atoms with van der Waals surface area (Å²) in [5.74, 6) is 1.61. The molecule has 0 unspecified atom stereocenters. The third-order valence-electron chi connectivity index (χ3n) is 3.84. The maximum Gasteiger partial charge on any atom is 0.251 e. The molecule has 1 aliphatic rings. The topological polar surface area (TPSA) is 45.2 Å². The first-order valence-electron chi connectivity index (χ1n) is 7.57. The zero-order valence-electron chi connectivity index (χ0n) is 12.7. The molecule has 0 amide bonds. The highest BCUT2D eigenvalue weighted by Crippen LogP contribution is 2.24. The maximum atomic E-state index is 4.71. The highest BCUT2D eigenvalue weighted by molar-refractivity contribution is 5.58. The number of hydrogen-bond acceptors (Lipinski definition) is 5. The maximum absolute atomic E-state index is 4.71. The highest BCUT2D eigenvalue weighted by Gasteiger charge is 2.17. The summed E-state index contributed by atoms with van der Waals surface area (Å²) < 4.78 is 0. The van der Waals surface area contributed by atoms with Gasteiger partial charge in [-0.05, 0) is 44.4 Å². The number of aromatic nitrogens is 3. The van der Waals surface area contributed by atoms with Crippen LogP contribution in [0.5, 0.6) is 0 Å². The molecule has 5 nitrogen and oxygen atoms in total. The average molecular weight is 283 g/mol. The predicted molar refractivity (Wildman–Crippen MR) is 85.1 cm³/mol. The van der Waals surface area contributed by atoms with E-state index in [4.69, 9.17) is 4.98 Å². The minimum absolute atomic E-state index is 0.674. The number of rotatable bonds is 4. The lowest BCUT2D eigenvalue weighted by Crippen LogP contribution is -2.23. The Morgan fingerprint density at radius 2 is 2.05 bits per heavy atom. The molecule has 3 rings (SSSR count). The standard InChI is InChI=1S/C16H21N5/c1-3-21(14-8-6-7-13(2)11-14)16-18-15(12-17-19-16)20-9-4-5-10-20/h6-8,11-12H,3-5,9-10H2,1-2H3. The molecule has 2 aromatic rings. The SMILES string of the molecule is CCN(c1cccc(C)c1)c1nncc(N2CCCC2)n1. The zero-order valence-corrected chi connectivity index (χ0v) is 12.7. The van der Waals surface area contributed by atoms with Crippen LogP contribution in [-0.2, 0) is 0 Å².